The topological polar surface area (TPSA) is 103 Å². The molecule has 0 unspecified atom stereocenters. The number of benzene rings is 2. The van der Waals surface area contributed by atoms with E-state index >= 15 is 0 Å². The van der Waals surface area contributed by atoms with E-state index in [0.717, 1.165) is 5.56 Å². The van der Waals surface area contributed by atoms with Crippen molar-refractivity contribution in [3.63, 3.8) is 0 Å². The molecule has 0 bridgehead atoms. The molecule has 3 aromatic rings. The van der Waals surface area contributed by atoms with Crippen LogP contribution < -0.4 is 29.1 Å². The van der Waals surface area contributed by atoms with Crippen molar-refractivity contribution in [3.05, 3.63) is 51.4 Å². The highest BCUT2D eigenvalue weighted by Gasteiger charge is 2.25. The van der Waals surface area contributed by atoms with Crippen LogP contribution in [0.5, 0.6) is 28.7 Å². The molecule has 0 amide bonds. The average Bonchev–Trinajstić information content (AvgIpc) is 2.84. The lowest BCUT2D eigenvalue weighted by molar-refractivity contribution is 0.0593. The van der Waals surface area contributed by atoms with Gasteiger partial charge in [0.15, 0.2) is 22.7 Å². The molecule has 0 saturated carbocycles. The molecule has 3 rings (SSSR count). The molecule has 0 radical (unpaired) electrons. The summed E-state index contributed by atoms with van der Waals surface area (Å²) in [6.45, 7) is 0. The molecule has 0 N–H and O–H groups in total. The number of esters is 1. The van der Waals surface area contributed by atoms with Gasteiger partial charge in [0.2, 0.25) is 5.75 Å². The van der Waals surface area contributed by atoms with E-state index < -0.39 is 11.4 Å². The van der Waals surface area contributed by atoms with Crippen molar-refractivity contribution in [3.8, 4) is 28.7 Å². The summed E-state index contributed by atoms with van der Waals surface area (Å²) in [5.41, 5.74) is 0.519. The maximum atomic E-state index is 12.9. The summed E-state index contributed by atoms with van der Waals surface area (Å²) in [6, 6.07) is 6.26. The molecule has 174 valence electrons. The number of hydrogen-bond acceptors (Lipinski definition) is 9. The Bertz CT molecular complexity index is 1250. The fourth-order valence-corrected chi connectivity index (χ4v) is 3.40. The molecule has 0 atom stereocenters. The van der Waals surface area contributed by atoms with E-state index in [1.807, 2.05) is 0 Å². The van der Waals surface area contributed by atoms with Gasteiger partial charge in [-0.15, -0.1) is 0 Å². The molecule has 33 heavy (non-hydrogen) atoms. The van der Waals surface area contributed by atoms with Crippen molar-refractivity contribution in [2.24, 2.45) is 0 Å². The zero-order chi connectivity index (χ0) is 24.1. The van der Waals surface area contributed by atoms with Gasteiger partial charge in [-0.1, -0.05) is 6.08 Å². The first-order chi connectivity index (χ1) is 15.9. The normalized spacial score (nSPS) is 10.8. The minimum absolute atomic E-state index is 0.00279. The summed E-state index contributed by atoms with van der Waals surface area (Å²) in [4.78, 5) is 25.2. The number of carbonyl (C=O) groups is 1. The Balaban J connectivity index is 2.14. The van der Waals surface area contributed by atoms with Gasteiger partial charge in [0.05, 0.1) is 42.7 Å². The van der Waals surface area contributed by atoms with Crippen LogP contribution in [-0.4, -0.2) is 48.6 Å². The summed E-state index contributed by atoms with van der Waals surface area (Å²) in [6.07, 6.45) is 3.35. The first-order valence-electron chi connectivity index (χ1n) is 9.71. The maximum absolute atomic E-state index is 12.9. The van der Waals surface area contributed by atoms with Crippen LogP contribution in [0, 0.1) is 0 Å². The number of carbonyl (C=O) groups excluding carboxylic acids is 1. The van der Waals surface area contributed by atoms with E-state index in [1.165, 1.54) is 54.8 Å². The lowest BCUT2D eigenvalue weighted by Gasteiger charge is -2.14. The van der Waals surface area contributed by atoms with Crippen molar-refractivity contribution < 1.29 is 37.6 Å². The van der Waals surface area contributed by atoms with Crippen LogP contribution in [0.25, 0.3) is 23.1 Å². The highest BCUT2D eigenvalue weighted by molar-refractivity contribution is 6.03. The Labute approximate surface area is 190 Å². The minimum atomic E-state index is -0.698. The number of methoxy groups -OCH3 is 6. The zero-order valence-electron chi connectivity index (χ0n) is 19.1. The first kappa shape index (κ1) is 23.5. The molecule has 0 fully saturated rings. The van der Waals surface area contributed by atoms with E-state index in [1.54, 1.807) is 24.3 Å². The number of ether oxygens (including phenoxy) is 6. The van der Waals surface area contributed by atoms with Crippen LogP contribution in [-0.2, 0) is 4.74 Å². The SMILES string of the molecule is COC(=O)c1c(OC)cc2oc(/C=C/c3cc(OC)c(OC)c(OC)c3)cc(=O)c2c1OC. The molecular formula is C24H24O9. The Kier molecular flexibility index (Phi) is 7.12. The number of rotatable bonds is 8. The smallest absolute Gasteiger partial charge is 0.345 e. The Hall–Kier alpha value is -4.14. The second-order valence-electron chi connectivity index (χ2n) is 6.66. The molecule has 0 aliphatic carbocycles. The molecule has 0 aliphatic rings. The standard InChI is InChI=1S/C24H24O9/c1-27-16-12-17-20(23(31-5)21(16)24(26)32-6)15(25)11-14(33-17)8-7-13-9-18(28-2)22(30-4)19(10-13)29-3/h7-12H,1-6H3/b8-7+. The van der Waals surface area contributed by atoms with E-state index in [2.05, 4.69) is 0 Å². The summed E-state index contributed by atoms with van der Waals surface area (Å²) in [7, 11) is 8.53. The van der Waals surface area contributed by atoms with Crippen LogP contribution in [0.4, 0.5) is 0 Å². The molecule has 1 aromatic heterocycles. The Morgan fingerprint density at radius 3 is 1.88 bits per heavy atom. The molecule has 9 heteroatoms. The van der Waals surface area contributed by atoms with E-state index in [4.69, 9.17) is 32.8 Å². The number of hydrogen-bond donors (Lipinski definition) is 0. The number of fused-ring (bicyclic) bond motifs is 1. The highest BCUT2D eigenvalue weighted by atomic mass is 16.5. The van der Waals surface area contributed by atoms with Crippen molar-refractivity contribution in [2.75, 3.05) is 42.7 Å². The first-order valence-corrected chi connectivity index (χ1v) is 9.71. The fraction of sp³-hybridized carbons (Fsp3) is 0.250. The van der Waals surface area contributed by atoms with Crippen molar-refractivity contribution in [1.82, 2.24) is 0 Å². The highest BCUT2D eigenvalue weighted by Crippen LogP contribution is 2.39. The molecular weight excluding hydrogens is 432 g/mol. The third kappa shape index (κ3) is 4.43. The lowest BCUT2D eigenvalue weighted by atomic mass is 10.1. The fourth-order valence-electron chi connectivity index (χ4n) is 3.40. The van der Waals surface area contributed by atoms with E-state index in [0.29, 0.717) is 17.2 Å². The van der Waals surface area contributed by atoms with Crippen LogP contribution in [0.3, 0.4) is 0 Å². The van der Waals surface area contributed by atoms with Gasteiger partial charge in [-0.2, -0.15) is 0 Å². The average molecular weight is 456 g/mol. The second-order valence-corrected chi connectivity index (χ2v) is 6.66. The van der Waals surface area contributed by atoms with Gasteiger partial charge in [0.25, 0.3) is 0 Å². The van der Waals surface area contributed by atoms with E-state index in [9.17, 15) is 9.59 Å². The molecule has 9 nitrogen and oxygen atoms in total. The summed E-state index contributed by atoms with van der Waals surface area (Å²) in [5.74, 6) is 1.19. The molecule has 0 spiro atoms. The second kappa shape index (κ2) is 9.99. The molecule has 1 heterocycles. The molecule has 0 saturated heterocycles. The Morgan fingerprint density at radius 2 is 1.36 bits per heavy atom. The van der Waals surface area contributed by atoms with Gasteiger partial charge in [0, 0.05) is 12.1 Å². The van der Waals surface area contributed by atoms with Gasteiger partial charge in [-0.3, -0.25) is 4.79 Å². The van der Waals surface area contributed by atoms with Gasteiger partial charge in [-0.05, 0) is 23.8 Å². The lowest BCUT2D eigenvalue weighted by Crippen LogP contribution is -2.11. The van der Waals surface area contributed by atoms with Gasteiger partial charge >= 0.3 is 5.97 Å². The molecule has 2 aromatic carbocycles. The quantitative estimate of drug-likeness (QED) is 0.468. The van der Waals surface area contributed by atoms with Crippen LogP contribution in [0.1, 0.15) is 21.7 Å². The minimum Gasteiger partial charge on any atom is -0.496 e. The van der Waals surface area contributed by atoms with Crippen molar-refractivity contribution in [1.29, 1.82) is 0 Å². The van der Waals surface area contributed by atoms with E-state index in [-0.39, 0.29) is 33.8 Å². The largest absolute Gasteiger partial charge is 0.496 e. The summed E-state index contributed by atoms with van der Waals surface area (Å²) < 4.78 is 37.4. The van der Waals surface area contributed by atoms with Gasteiger partial charge < -0.3 is 32.8 Å². The third-order valence-corrected chi connectivity index (χ3v) is 4.90. The van der Waals surface area contributed by atoms with Gasteiger partial charge in [-0.25, -0.2) is 4.79 Å². The maximum Gasteiger partial charge on any atom is 0.345 e. The Morgan fingerprint density at radius 1 is 0.758 bits per heavy atom. The summed E-state index contributed by atoms with van der Waals surface area (Å²) >= 11 is 0. The molecule has 0 aliphatic heterocycles. The van der Waals surface area contributed by atoms with Gasteiger partial charge in [0.1, 0.15) is 28.0 Å². The van der Waals surface area contributed by atoms with Crippen LogP contribution in [0.2, 0.25) is 0 Å². The predicted octanol–water partition coefficient (Wildman–Crippen LogP) is 3.79. The van der Waals surface area contributed by atoms with Crippen LogP contribution in [0.15, 0.2) is 33.5 Å². The van der Waals surface area contributed by atoms with Crippen LogP contribution >= 0.6 is 0 Å². The van der Waals surface area contributed by atoms with Crippen molar-refractivity contribution >= 4 is 29.1 Å². The van der Waals surface area contributed by atoms with Crippen molar-refractivity contribution in [2.45, 2.75) is 0 Å². The monoisotopic (exact) mass is 456 g/mol. The summed E-state index contributed by atoms with van der Waals surface area (Å²) in [5, 5.41) is 0.101. The predicted molar refractivity (Wildman–Crippen MR) is 122 cm³/mol. The zero-order valence-corrected chi connectivity index (χ0v) is 19.1. The third-order valence-electron chi connectivity index (χ3n) is 4.90.